The second-order valence-corrected chi connectivity index (χ2v) is 5.92. The maximum absolute atomic E-state index is 10.5. The highest BCUT2D eigenvalue weighted by molar-refractivity contribution is 5.81. The van der Waals surface area contributed by atoms with Gasteiger partial charge in [0.1, 0.15) is 30.2 Å². The van der Waals surface area contributed by atoms with Crippen LogP contribution in [0.25, 0.3) is 11.2 Å². The number of anilines is 1. The van der Waals surface area contributed by atoms with Gasteiger partial charge in [0, 0.05) is 6.20 Å². The lowest BCUT2D eigenvalue weighted by Crippen LogP contribution is -2.35. The third kappa shape index (κ3) is 2.88. The molecular formula is C16H18N6O4. The molecule has 4 N–H and O–H groups in total. The summed E-state index contributed by atoms with van der Waals surface area (Å²) in [6.07, 6.45) is 1.21. The summed E-state index contributed by atoms with van der Waals surface area (Å²) in [6.45, 7) is -0.158. The second kappa shape index (κ2) is 6.92. The van der Waals surface area contributed by atoms with Crippen LogP contribution in [0.2, 0.25) is 0 Å². The van der Waals surface area contributed by atoms with Gasteiger partial charge in [0.2, 0.25) is 0 Å². The molecule has 1 fully saturated rings. The Morgan fingerprint density at radius 2 is 2.12 bits per heavy atom. The van der Waals surface area contributed by atoms with Crippen molar-refractivity contribution >= 4 is 17.0 Å². The van der Waals surface area contributed by atoms with Gasteiger partial charge in [-0.1, -0.05) is 6.07 Å². The average Bonchev–Trinajstić information content (AvgIpc) is 3.23. The fourth-order valence-corrected chi connectivity index (χ4v) is 2.99. The van der Waals surface area contributed by atoms with Gasteiger partial charge in [-0.05, 0) is 12.1 Å². The van der Waals surface area contributed by atoms with Crippen molar-refractivity contribution in [2.24, 2.45) is 0 Å². The van der Waals surface area contributed by atoms with E-state index >= 15 is 0 Å². The van der Waals surface area contributed by atoms with Crippen LogP contribution >= 0.6 is 0 Å². The number of aliphatic hydroxyl groups is 2. The van der Waals surface area contributed by atoms with E-state index in [1.807, 2.05) is 18.2 Å². The van der Waals surface area contributed by atoms with Gasteiger partial charge in [0.05, 0.1) is 25.2 Å². The van der Waals surface area contributed by atoms with Gasteiger partial charge in [-0.25, -0.2) is 15.0 Å². The fraction of sp³-hybridized carbons (Fsp3) is 0.375. The van der Waals surface area contributed by atoms with E-state index in [1.165, 1.54) is 12.7 Å². The number of nitrogen functional groups attached to an aromatic ring is 1. The van der Waals surface area contributed by atoms with Crippen LogP contribution in [0.5, 0.6) is 0 Å². The van der Waals surface area contributed by atoms with Crippen LogP contribution in [-0.4, -0.2) is 59.6 Å². The molecule has 1 saturated heterocycles. The highest BCUT2D eigenvalue weighted by Gasteiger charge is 2.46. The minimum Gasteiger partial charge on any atom is -0.394 e. The Morgan fingerprint density at radius 1 is 1.23 bits per heavy atom. The molecule has 0 aromatic carbocycles. The summed E-state index contributed by atoms with van der Waals surface area (Å²) in [4.78, 5) is 16.5. The molecule has 1 aliphatic heterocycles. The molecule has 3 aromatic rings. The quantitative estimate of drug-likeness (QED) is 0.557. The smallest absolute Gasteiger partial charge is 0.167 e. The SMILES string of the molecule is Nc1ncnc2c1ncn2[C@@H]1O[C@H](CO)C(O)[C@@H]1OCc1ccccn1. The van der Waals surface area contributed by atoms with Crippen molar-refractivity contribution in [2.75, 3.05) is 12.3 Å². The van der Waals surface area contributed by atoms with E-state index in [0.29, 0.717) is 16.9 Å². The molecule has 10 heteroatoms. The van der Waals surface area contributed by atoms with Crippen molar-refractivity contribution in [1.82, 2.24) is 24.5 Å². The summed E-state index contributed by atoms with van der Waals surface area (Å²) in [6, 6.07) is 5.48. The van der Waals surface area contributed by atoms with Gasteiger partial charge >= 0.3 is 0 Å². The molecule has 0 bridgehead atoms. The number of aromatic nitrogens is 5. The first-order valence-electron chi connectivity index (χ1n) is 8.08. The molecular weight excluding hydrogens is 340 g/mol. The maximum Gasteiger partial charge on any atom is 0.167 e. The Bertz CT molecular complexity index is 889. The van der Waals surface area contributed by atoms with E-state index in [4.69, 9.17) is 15.2 Å². The number of hydrogen-bond donors (Lipinski definition) is 3. The number of ether oxygens (including phenoxy) is 2. The van der Waals surface area contributed by atoms with E-state index < -0.39 is 24.5 Å². The molecule has 4 atom stereocenters. The number of hydrogen-bond acceptors (Lipinski definition) is 9. The van der Waals surface area contributed by atoms with Crippen LogP contribution in [0.4, 0.5) is 5.82 Å². The van der Waals surface area contributed by atoms with Crippen LogP contribution in [0, 0.1) is 0 Å². The normalized spacial score (nSPS) is 25.8. The maximum atomic E-state index is 10.5. The molecule has 26 heavy (non-hydrogen) atoms. The highest BCUT2D eigenvalue weighted by atomic mass is 16.6. The largest absolute Gasteiger partial charge is 0.394 e. The predicted octanol–water partition coefficient (Wildman–Crippen LogP) is -0.361. The number of nitrogens with two attached hydrogens (primary N) is 1. The monoisotopic (exact) mass is 358 g/mol. The molecule has 1 aliphatic rings. The first kappa shape index (κ1) is 16.8. The molecule has 4 rings (SSSR count). The Labute approximate surface area is 148 Å². The van der Waals surface area contributed by atoms with E-state index in [-0.39, 0.29) is 19.0 Å². The van der Waals surface area contributed by atoms with Gasteiger partial charge in [-0.3, -0.25) is 9.55 Å². The zero-order chi connectivity index (χ0) is 18.1. The highest BCUT2D eigenvalue weighted by Crippen LogP contribution is 2.34. The predicted molar refractivity (Wildman–Crippen MR) is 89.6 cm³/mol. The summed E-state index contributed by atoms with van der Waals surface area (Å²) >= 11 is 0. The van der Waals surface area contributed by atoms with Crippen molar-refractivity contribution in [3.05, 3.63) is 42.7 Å². The van der Waals surface area contributed by atoms with Crippen LogP contribution in [0.3, 0.4) is 0 Å². The van der Waals surface area contributed by atoms with E-state index in [0.717, 1.165) is 0 Å². The average molecular weight is 358 g/mol. The summed E-state index contributed by atoms with van der Waals surface area (Å²) < 4.78 is 13.3. The lowest BCUT2D eigenvalue weighted by Gasteiger charge is -2.22. The van der Waals surface area contributed by atoms with E-state index in [1.54, 1.807) is 10.8 Å². The van der Waals surface area contributed by atoms with Gasteiger partial charge in [-0.2, -0.15) is 0 Å². The third-order valence-corrected chi connectivity index (χ3v) is 4.30. The number of rotatable bonds is 5. The van der Waals surface area contributed by atoms with Crippen molar-refractivity contribution in [1.29, 1.82) is 0 Å². The molecule has 0 aliphatic carbocycles. The third-order valence-electron chi connectivity index (χ3n) is 4.30. The number of pyridine rings is 1. The van der Waals surface area contributed by atoms with Gasteiger partial charge in [0.15, 0.2) is 17.7 Å². The Balaban J connectivity index is 1.64. The molecule has 136 valence electrons. The molecule has 0 saturated carbocycles. The van der Waals surface area contributed by atoms with E-state index in [2.05, 4.69) is 19.9 Å². The van der Waals surface area contributed by atoms with Crippen LogP contribution in [0.15, 0.2) is 37.1 Å². The van der Waals surface area contributed by atoms with Crippen LogP contribution < -0.4 is 5.73 Å². The first-order chi connectivity index (χ1) is 12.7. The minimum atomic E-state index is -1.02. The van der Waals surface area contributed by atoms with Gasteiger partial charge < -0.3 is 25.4 Å². The molecule has 3 aromatic heterocycles. The van der Waals surface area contributed by atoms with Crippen molar-refractivity contribution < 1.29 is 19.7 Å². The summed E-state index contributed by atoms with van der Waals surface area (Å²) in [7, 11) is 0. The summed E-state index contributed by atoms with van der Waals surface area (Å²) in [5.41, 5.74) is 7.43. The lowest BCUT2D eigenvalue weighted by atomic mass is 10.1. The number of fused-ring (bicyclic) bond motifs is 1. The van der Waals surface area contributed by atoms with Crippen molar-refractivity contribution in [3.8, 4) is 0 Å². The van der Waals surface area contributed by atoms with Crippen LogP contribution in [-0.2, 0) is 16.1 Å². The number of imidazole rings is 1. The van der Waals surface area contributed by atoms with E-state index in [9.17, 15) is 10.2 Å². The molecule has 0 radical (unpaired) electrons. The zero-order valence-electron chi connectivity index (χ0n) is 13.7. The standard InChI is InChI=1S/C16H18N6O4/c17-14-11-15(20-7-19-14)22(8-21-11)16-13(12(24)10(5-23)26-16)25-6-9-3-1-2-4-18-9/h1-4,7-8,10,12-13,16,23-24H,5-6H2,(H2,17,19,20)/t10-,12?,13+,16-/m1/s1. The topological polar surface area (TPSA) is 141 Å². The second-order valence-electron chi connectivity index (χ2n) is 5.92. The molecule has 0 amide bonds. The molecule has 0 spiro atoms. The first-order valence-corrected chi connectivity index (χ1v) is 8.08. The summed E-state index contributed by atoms with van der Waals surface area (Å²) in [5.74, 6) is 0.247. The fourth-order valence-electron chi connectivity index (χ4n) is 2.99. The summed E-state index contributed by atoms with van der Waals surface area (Å²) in [5, 5.41) is 20.0. The van der Waals surface area contributed by atoms with Gasteiger partial charge in [0.25, 0.3) is 0 Å². The van der Waals surface area contributed by atoms with Crippen LogP contribution in [0.1, 0.15) is 11.9 Å². The van der Waals surface area contributed by atoms with Gasteiger partial charge in [-0.15, -0.1) is 0 Å². The number of nitrogens with zero attached hydrogens (tertiary/aromatic N) is 5. The minimum absolute atomic E-state index is 0.185. The Morgan fingerprint density at radius 3 is 2.88 bits per heavy atom. The van der Waals surface area contributed by atoms with Crippen molar-refractivity contribution in [2.45, 2.75) is 31.1 Å². The van der Waals surface area contributed by atoms with Crippen molar-refractivity contribution in [3.63, 3.8) is 0 Å². The Hall–Kier alpha value is -2.66. The molecule has 10 nitrogen and oxygen atoms in total. The lowest BCUT2D eigenvalue weighted by molar-refractivity contribution is -0.0767. The molecule has 1 unspecified atom stereocenters. The zero-order valence-corrected chi connectivity index (χ0v) is 13.7. The Kier molecular flexibility index (Phi) is 4.47. The molecule has 4 heterocycles. The number of aliphatic hydroxyl groups excluding tert-OH is 2.